The lowest BCUT2D eigenvalue weighted by Crippen LogP contribution is -2.27. The van der Waals surface area contributed by atoms with Crippen LogP contribution in [0.2, 0.25) is 0 Å². The number of aryl methyl sites for hydroxylation is 1. The van der Waals surface area contributed by atoms with Crippen molar-refractivity contribution >= 4 is 5.91 Å². The monoisotopic (exact) mass is 388 g/mol. The third-order valence-electron chi connectivity index (χ3n) is 5.59. The zero-order valence-electron chi connectivity index (χ0n) is 17.1. The largest absolute Gasteiger partial charge is 0.337 e. The number of hydrogen-bond acceptors (Lipinski definition) is 3. The summed E-state index contributed by atoms with van der Waals surface area (Å²) < 4.78 is 1.86. The summed E-state index contributed by atoms with van der Waals surface area (Å²) in [5.41, 5.74) is 5.20. The molecule has 1 fully saturated rings. The van der Waals surface area contributed by atoms with Crippen molar-refractivity contribution in [3.05, 3.63) is 83.2 Å². The summed E-state index contributed by atoms with van der Waals surface area (Å²) in [6.45, 7) is 4.71. The summed E-state index contributed by atoms with van der Waals surface area (Å²) in [5, 5.41) is 7.88. The second-order valence-electron chi connectivity index (χ2n) is 8.01. The van der Waals surface area contributed by atoms with Gasteiger partial charge in [0.05, 0.1) is 11.9 Å². The average Bonchev–Trinajstić information content (AvgIpc) is 3.40. The molecule has 1 amide bonds. The number of nitrogens with zero attached hydrogens (tertiary/aromatic N) is 3. The Morgan fingerprint density at radius 2 is 2.10 bits per heavy atom. The molecular weight excluding hydrogens is 360 g/mol. The molecule has 150 valence electrons. The van der Waals surface area contributed by atoms with Crippen molar-refractivity contribution in [2.75, 3.05) is 20.1 Å². The van der Waals surface area contributed by atoms with Crippen molar-refractivity contribution < 1.29 is 4.79 Å². The van der Waals surface area contributed by atoms with E-state index in [-0.39, 0.29) is 5.91 Å². The molecule has 1 aromatic heterocycles. The molecule has 0 spiro atoms. The average molecular weight is 389 g/mol. The molecule has 4 rings (SSSR count). The van der Waals surface area contributed by atoms with Crippen LogP contribution in [-0.2, 0) is 13.0 Å². The van der Waals surface area contributed by atoms with Gasteiger partial charge in [0.15, 0.2) is 0 Å². The van der Waals surface area contributed by atoms with E-state index in [4.69, 9.17) is 0 Å². The van der Waals surface area contributed by atoms with Crippen LogP contribution in [0.15, 0.2) is 60.9 Å². The van der Waals surface area contributed by atoms with Gasteiger partial charge >= 0.3 is 0 Å². The molecule has 0 saturated carbocycles. The predicted octanol–water partition coefficient (Wildman–Crippen LogP) is 3.60. The lowest BCUT2D eigenvalue weighted by atomic mass is 9.94. The van der Waals surface area contributed by atoms with E-state index in [1.165, 1.54) is 12.0 Å². The van der Waals surface area contributed by atoms with E-state index in [1.54, 1.807) is 4.90 Å². The molecule has 2 aromatic carbocycles. The van der Waals surface area contributed by atoms with E-state index < -0.39 is 0 Å². The minimum Gasteiger partial charge on any atom is -0.337 e. The van der Waals surface area contributed by atoms with Crippen molar-refractivity contribution in [1.29, 1.82) is 0 Å². The standard InChI is InChI=1S/C24H28N4O/c1-18-6-5-8-22(12-18)28-17-20(15-26-28)16-27(2)24(29)23-9-4-3-7-21(23)13-19-10-11-25-14-19/h3-9,12,15,17,19,25H,10-11,13-14,16H2,1-2H3. The Balaban J connectivity index is 1.46. The van der Waals surface area contributed by atoms with Crippen LogP contribution in [0.5, 0.6) is 0 Å². The quantitative estimate of drug-likeness (QED) is 0.702. The molecular formula is C24H28N4O. The number of hydrogen-bond donors (Lipinski definition) is 1. The molecule has 1 aliphatic heterocycles. The normalized spacial score (nSPS) is 16.1. The number of nitrogens with one attached hydrogen (secondary N) is 1. The zero-order chi connectivity index (χ0) is 20.2. The van der Waals surface area contributed by atoms with Crippen LogP contribution in [0.1, 0.15) is 33.5 Å². The maximum absolute atomic E-state index is 13.1. The van der Waals surface area contributed by atoms with E-state index in [0.717, 1.165) is 41.9 Å². The molecule has 5 heteroatoms. The summed E-state index contributed by atoms with van der Waals surface area (Å²) >= 11 is 0. The highest BCUT2D eigenvalue weighted by molar-refractivity contribution is 5.95. The number of carbonyl (C=O) groups is 1. The van der Waals surface area contributed by atoms with E-state index >= 15 is 0 Å². The fourth-order valence-electron chi connectivity index (χ4n) is 4.01. The van der Waals surface area contributed by atoms with Crippen LogP contribution in [0.25, 0.3) is 5.69 Å². The maximum atomic E-state index is 13.1. The van der Waals surface area contributed by atoms with Crippen LogP contribution in [0.3, 0.4) is 0 Å². The minimum absolute atomic E-state index is 0.0647. The molecule has 29 heavy (non-hydrogen) atoms. The summed E-state index contributed by atoms with van der Waals surface area (Å²) in [6, 6.07) is 16.2. The number of aromatic nitrogens is 2. The molecule has 1 aliphatic rings. The highest BCUT2D eigenvalue weighted by Crippen LogP contribution is 2.20. The predicted molar refractivity (Wildman–Crippen MR) is 115 cm³/mol. The summed E-state index contributed by atoms with van der Waals surface area (Å²) in [5.74, 6) is 0.677. The van der Waals surface area contributed by atoms with Crippen LogP contribution in [0, 0.1) is 12.8 Å². The molecule has 0 bridgehead atoms. The Bertz CT molecular complexity index is 988. The maximum Gasteiger partial charge on any atom is 0.254 e. The van der Waals surface area contributed by atoms with Crippen LogP contribution < -0.4 is 5.32 Å². The Hall–Kier alpha value is -2.92. The Labute approximate surface area is 172 Å². The van der Waals surface area contributed by atoms with Gasteiger partial charge in [-0.25, -0.2) is 4.68 Å². The second-order valence-corrected chi connectivity index (χ2v) is 8.01. The fourth-order valence-corrected chi connectivity index (χ4v) is 4.01. The zero-order valence-corrected chi connectivity index (χ0v) is 17.1. The fraction of sp³-hybridized carbons (Fsp3) is 0.333. The van der Waals surface area contributed by atoms with Gasteiger partial charge in [-0.15, -0.1) is 0 Å². The van der Waals surface area contributed by atoms with Gasteiger partial charge in [-0.3, -0.25) is 4.79 Å². The molecule has 1 saturated heterocycles. The first kappa shape index (κ1) is 19.4. The number of benzene rings is 2. The lowest BCUT2D eigenvalue weighted by molar-refractivity contribution is 0.0784. The van der Waals surface area contributed by atoms with Gasteiger partial charge in [0.2, 0.25) is 0 Å². The Kier molecular flexibility index (Phi) is 5.76. The molecule has 3 aromatic rings. The Morgan fingerprint density at radius 3 is 2.90 bits per heavy atom. The van der Waals surface area contributed by atoms with Crippen molar-refractivity contribution in [2.45, 2.75) is 26.3 Å². The van der Waals surface area contributed by atoms with Crippen molar-refractivity contribution in [2.24, 2.45) is 5.92 Å². The number of amides is 1. The molecule has 1 N–H and O–H groups in total. The second kappa shape index (κ2) is 8.62. The van der Waals surface area contributed by atoms with Crippen LogP contribution in [0.4, 0.5) is 0 Å². The van der Waals surface area contributed by atoms with Gasteiger partial charge in [-0.2, -0.15) is 5.10 Å². The van der Waals surface area contributed by atoms with Gasteiger partial charge in [-0.1, -0.05) is 30.3 Å². The first-order valence-electron chi connectivity index (χ1n) is 10.2. The van der Waals surface area contributed by atoms with Crippen LogP contribution >= 0.6 is 0 Å². The SMILES string of the molecule is Cc1cccc(-n2cc(CN(C)C(=O)c3ccccc3CC3CCNC3)cn2)c1. The first-order valence-corrected chi connectivity index (χ1v) is 10.2. The molecule has 1 unspecified atom stereocenters. The third kappa shape index (κ3) is 4.57. The number of carbonyl (C=O) groups excluding carboxylic acids is 1. The van der Waals surface area contributed by atoms with Gasteiger partial charge in [0.25, 0.3) is 5.91 Å². The van der Waals surface area contributed by atoms with E-state index in [2.05, 4.69) is 35.5 Å². The van der Waals surface area contributed by atoms with Crippen molar-refractivity contribution in [3.63, 3.8) is 0 Å². The summed E-state index contributed by atoms with van der Waals surface area (Å²) in [4.78, 5) is 14.9. The highest BCUT2D eigenvalue weighted by Gasteiger charge is 2.20. The van der Waals surface area contributed by atoms with Crippen LogP contribution in [-0.4, -0.2) is 40.7 Å². The molecule has 0 radical (unpaired) electrons. The molecule has 1 atom stereocenters. The van der Waals surface area contributed by atoms with Gasteiger partial charge < -0.3 is 10.2 Å². The van der Waals surface area contributed by atoms with Gasteiger partial charge in [-0.05, 0) is 68.1 Å². The topological polar surface area (TPSA) is 50.2 Å². The van der Waals surface area contributed by atoms with E-state index in [1.807, 2.05) is 54.5 Å². The lowest BCUT2D eigenvalue weighted by Gasteiger charge is -2.19. The third-order valence-corrected chi connectivity index (χ3v) is 5.59. The van der Waals surface area contributed by atoms with E-state index in [9.17, 15) is 4.79 Å². The smallest absolute Gasteiger partial charge is 0.254 e. The summed E-state index contributed by atoms with van der Waals surface area (Å²) in [6.07, 6.45) is 5.96. The Morgan fingerprint density at radius 1 is 1.24 bits per heavy atom. The molecule has 2 heterocycles. The molecule has 0 aliphatic carbocycles. The van der Waals surface area contributed by atoms with Crippen molar-refractivity contribution in [3.8, 4) is 5.69 Å². The van der Waals surface area contributed by atoms with Crippen molar-refractivity contribution in [1.82, 2.24) is 20.0 Å². The highest BCUT2D eigenvalue weighted by atomic mass is 16.2. The first-order chi connectivity index (χ1) is 14.1. The van der Waals surface area contributed by atoms with E-state index in [0.29, 0.717) is 12.5 Å². The molecule has 5 nitrogen and oxygen atoms in total. The summed E-state index contributed by atoms with van der Waals surface area (Å²) in [7, 11) is 1.86. The van der Waals surface area contributed by atoms with Gasteiger partial charge in [0.1, 0.15) is 0 Å². The van der Waals surface area contributed by atoms with Gasteiger partial charge in [0, 0.05) is 30.9 Å². The minimum atomic E-state index is 0.0647. The number of rotatable bonds is 6.